The fourth-order valence-corrected chi connectivity index (χ4v) is 3.36. The first-order valence-electron chi connectivity index (χ1n) is 9.98. The van der Waals surface area contributed by atoms with E-state index in [0.29, 0.717) is 12.5 Å². The van der Waals surface area contributed by atoms with E-state index in [4.69, 9.17) is 4.74 Å². The van der Waals surface area contributed by atoms with E-state index >= 15 is 0 Å². The second-order valence-corrected chi connectivity index (χ2v) is 7.09. The molecule has 0 saturated carbocycles. The maximum atomic E-state index is 13.5. The van der Waals surface area contributed by atoms with Crippen LogP contribution in [0.2, 0.25) is 0 Å². The minimum atomic E-state index is -0.810. The molecule has 0 aliphatic carbocycles. The van der Waals surface area contributed by atoms with Crippen LogP contribution in [-0.2, 0) is 0 Å². The molecular weight excluding hydrogens is 374 g/mol. The van der Waals surface area contributed by atoms with Gasteiger partial charge in [-0.1, -0.05) is 18.2 Å². The molecule has 0 bridgehead atoms. The third kappa shape index (κ3) is 6.34. The summed E-state index contributed by atoms with van der Waals surface area (Å²) >= 11 is 0. The van der Waals surface area contributed by atoms with Crippen molar-refractivity contribution >= 4 is 11.6 Å². The molecule has 2 aromatic carbocycles. The van der Waals surface area contributed by atoms with Gasteiger partial charge in [0.05, 0.1) is 6.61 Å². The van der Waals surface area contributed by atoms with E-state index < -0.39 is 11.6 Å². The Hall–Kier alpha value is -2.83. The highest BCUT2D eigenvalue weighted by Crippen LogP contribution is 2.24. The summed E-state index contributed by atoms with van der Waals surface area (Å²) in [5.41, 5.74) is 0.729. The van der Waals surface area contributed by atoms with E-state index in [0.717, 1.165) is 56.4 Å². The maximum Gasteiger partial charge on any atom is 0.190 e. The van der Waals surface area contributed by atoms with Crippen molar-refractivity contribution in [2.45, 2.75) is 12.8 Å². The van der Waals surface area contributed by atoms with Crippen LogP contribution in [0.4, 0.5) is 14.5 Å². The molecule has 0 radical (unpaired) electrons. The van der Waals surface area contributed by atoms with Crippen molar-refractivity contribution in [3.63, 3.8) is 0 Å². The number of halogens is 2. The molecule has 0 spiro atoms. The molecular formula is C22H28F2N4O. The number of benzene rings is 2. The number of rotatable bonds is 8. The van der Waals surface area contributed by atoms with Gasteiger partial charge in [0, 0.05) is 45.0 Å². The summed E-state index contributed by atoms with van der Waals surface area (Å²) in [6.45, 7) is 3.82. The first-order valence-corrected chi connectivity index (χ1v) is 9.98. The number of para-hydroxylation sites is 1. The summed E-state index contributed by atoms with van der Waals surface area (Å²) in [4.78, 5) is 6.34. The minimum Gasteiger partial charge on any atom is -0.494 e. The third-order valence-electron chi connectivity index (χ3n) is 4.96. The van der Waals surface area contributed by atoms with Gasteiger partial charge in [-0.3, -0.25) is 4.99 Å². The van der Waals surface area contributed by atoms with E-state index in [2.05, 4.69) is 20.5 Å². The highest BCUT2D eigenvalue weighted by molar-refractivity contribution is 5.79. The van der Waals surface area contributed by atoms with Crippen molar-refractivity contribution in [1.29, 1.82) is 0 Å². The molecule has 156 valence electrons. The molecule has 7 heteroatoms. The second kappa shape index (κ2) is 10.6. The van der Waals surface area contributed by atoms with Crippen LogP contribution >= 0.6 is 0 Å². The Morgan fingerprint density at radius 2 is 1.97 bits per heavy atom. The van der Waals surface area contributed by atoms with E-state index in [1.807, 2.05) is 30.3 Å². The fourth-order valence-electron chi connectivity index (χ4n) is 3.36. The zero-order valence-electron chi connectivity index (χ0n) is 16.7. The molecule has 3 rings (SSSR count). The van der Waals surface area contributed by atoms with E-state index in [9.17, 15) is 8.78 Å². The van der Waals surface area contributed by atoms with Crippen LogP contribution in [0.25, 0.3) is 0 Å². The number of anilines is 1. The number of guanidine groups is 1. The van der Waals surface area contributed by atoms with Crippen molar-refractivity contribution in [2.75, 3.05) is 44.7 Å². The molecule has 5 nitrogen and oxygen atoms in total. The van der Waals surface area contributed by atoms with E-state index in [-0.39, 0.29) is 0 Å². The Bertz CT molecular complexity index is 801. The van der Waals surface area contributed by atoms with Crippen LogP contribution in [0.3, 0.4) is 0 Å². The average Bonchev–Trinajstić information content (AvgIpc) is 3.22. The van der Waals surface area contributed by atoms with Gasteiger partial charge in [-0.25, -0.2) is 8.78 Å². The lowest BCUT2D eigenvalue weighted by molar-refractivity contribution is 0.311. The highest BCUT2D eigenvalue weighted by atomic mass is 19.2. The lowest BCUT2D eigenvalue weighted by Crippen LogP contribution is -2.40. The SMILES string of the molecule is CN=C(NCCCOc1ccccc1)NCC1CCN(c2ccc(F)c(F)c2)C1. The number of hydrogen-bond acceptors (Lipinski definition) is 3. The van der Waals surface area contributed by atoms with Crippen molar-refractivity contribution < 1.29 is 13.5 Å². The topological polar surface area (TPSA) is 48.9 Å². The molecule has 0 aromatic heterocycles. The van der Waals surface area contributed by atoms with Gasteiger partial charge in [-0.15, -0.1) is 0 Å². The fraction of sp³-hybridized carbons (Fsp3) is 0.409. The van der Waals surface area contributed by atoms with Gasteiger partial charge in [0.25, 0.3) is 0 Å². The number of nitrogens with one attached hydrogen (secondary N) is 2. The van der Waals surface area contributed by atoms with Crippen molar-refractivity contribution in [1.82, 2.24) is 10.6 Å². The first kappa shape index (κ1) is 20.9. The normalized spacial score (nSPS) is 16.7. The maximum absolute atomic E-state index is 13.5. The smallest absolute Gasteiger partial charge is 0.190 e. The molecule has 1 aliphatic heterocycles. The van der Waals surface area contributed by atoms with Gasteiger partial charge < -0.3 is 20.3 Å². The monoisotopic (exact) mass is 402 g/mol. The van der Waals surface area contributed by atoms with Crippen LogP contribution in [0.1, 0.15) is 12.8 Å². The average molecular weight is 402 g/mol. The van der Waals surface area contributed by atoms with Gasteiger partial charge in [-0.2, -0.15) is 0 Å². The number of hydrogen-bond donors (Lipinski definition) is 2. The molecule has 29 heavy (non-hydrogen) atoms. The van der Waals surface area contributed by atoms with Crippen LogP contribution < -0.4 is 20.3 Å². The molecule has 2 N–H and O–H groups in total. The van der Waals surface area contributed by atoms with Gasteiger partial charge >= 0.3 is 0 Å². The van der Waals surface area contributed by atoms with Gasteiger partial charge in [0.2, 0.25) is 0 Å². The van der Waals surface area contributed by atoms with Gasteiger partial charge in [-0.05, 0) is 43.0 Å². The zero-order valence-corrected chi connectivity index (χ0v) is 16.7. The Labute approximate surface area is 170 Å². The summed E-state index contributed by atoms with van der Waals surface area (Å²) in [6.07, 6.45) is 1.86. The first-order chi connectivity index (χ1) is 14.2. The van der Waals surface area contributed by atoms with Crippen molar-refractivity contribution in [3.05, 3.63) is 60.2 Å². The molecule has 0 amide bonds. The largest absolute Gasteiger partial charge is 0.494 e. The molecule has 1 heterocycles. The predicted molar refractivity (Wildman–Crippen MR) is 113 cm³/mol. The molecule has 1 fully saturated rings. The third-order valence-corrected chi connectivity index (χ3v) is 4.96. The molecule has 1 atom stereocenters. The lowest BCUT2D eigenvalue weighted by Gasteiger charge is -2.19. The van der Waals surface area contributed by atoms with E-state index in [1.54, 1.807) is 13.1 Å². The Morgan fingerprint density at radius 3 is 2.72 bits per heavy atom. The number of aliphatic imine (C=N–C) groups is 1. The van der Waals surface area contributed by atoms with Crippen LogP contribution in [0, 0.1) is 17.6 Å². The Balaban J connectivity index is 1.33. The van der Waals surface area contributed by atoms with Crippen LogP contribution in [0.15, 0.2) is 53.5 Å². The van der Waals surface area contributed by atoms with Crippen LogP contribution in [0.5, 0.6) is 5.75 Å². The van der Waals surface area contributed by atoms with Crippen molar-refractivity contribution in [2.24, 2.45) is 10.9 Å². The summed E-state index contributed by atoms with van der Waals surface area (Å²) in [5.74, 6) is 0.445. The summed E-state index contributed by atoms with van der Waals surface area (Å²) < 4.78 is 32.2. The standard InChI is InChI=1S/C22H28F2N4O/c1-25-22(26-11-5-13-29-19-6-3-2-4-7-19)27-15-17-10-12-28(16-17)18-8-9-20(23)21(24)14-18/h2-4,6-9,14,17H,5,10-13,15-16H2,1H3,(H2,25,26,27). The Kier molecular flexibility index (Phi) is 7.67. The van der Waals surface area contributed by atoms with Gasteiger partial charge in [0.1, 0.15) is 5.75 Å². The second-order valence-electron chi connectivity index (χ2n) is 7.09. The molecule has 1 saturated heterocycles. The number of nitrogens with zero attached hydrogens (tertiary/aromatic N) is 2. The predicted octanol–water partition coefficient (Wildman–Crippen LogP) is 3.43. The zero-order chi connectivity index (χ0) is 20.5. The number of ether oxygens (including phenoxy) is 1. The van der Waals surface area contributed by atoms with E-state index in [1.165, 1.54) is 12.1 Å². The quantitative estimate of drug-likeness (QED) is 0.404. The van der Waals surface area contributed by atoms with Crippen molar-refractivity contribution in [3.8, 4) is 5.75 Å². The van der Waals surface area contributed by atoms with Gasteiger partial charge in [0.15, 0.2) is 17.6 Å². The summed E-state index contributed by atoms with van der Waals surface area (Å²) in [5, 5.41) is 6.64. The molecule has 2 aromatic rings. The van der Waals surface area contributed by atoms with Crippen LogP contribution in [-0.4, -0.2) is 45.8 Å². The molecule has 1 unspecified atom stereocenters. The highest BCUT2D eigenvalue weighted by Gasteiger charge is 2.23. The summed E-state index contributed by atoms with van der Waals surface area (Å²) in [6, 6.07) is 13.8. The lowest BCUT2D eigenvalue weighted by atomic mass is 10.1. The molecule has 1 aliphatic rings. The summed E-state index contributed by atoms with van der Waals surface area (Å²) in [7, 11) is 1.75. The Morgan fingerprint density at radius 1 is 1.14 bits per heavy atom. The minimum absolute atomic E-state index is 0.420.